The molecule has 0 bridgehead atoms. The third kappa shape index (κ3) is 3.57. The summed E-state index contributed by atoms with van der Waals surface area (Å²) >= 11 is 0. The molecule has 2 N–H and O–H groups in total. The van der Waals surface area contributed by atoms with Gasteiger partial charge in [-0.2, -0.15) is 9.60 Å². The lowest BCUT2D eigenvalue weighted by Gasteiger charge is -2.54. The highest BCUT2D eigenvalue weighted by Gasteiger charge is 2.53. The van der Waals surface area contributed by atoms with E-state index < -0.39 is 6.23 Å². The molecule has 0 aromatic heterocycles. The van der Waals surface area contributed by atoms with E-state index in [1.165, 1.54) is 0 Å². The van der Waals surface area contributed by atoms with Gasteiger partial charge in [0.2, 0.25) is 6.23 Å². The zero-order valence-corrected chi connectivity index (χ0v) is 15.6. The normalized spacial score (nSPS) is 24.6. The van der Waals surface area contributed by atoms with Crippen LogP contribution < -0.4 is 5.32 Å². The van der Waals surface area contributed by atoms with Gasteiger partial charge in [0, 0.05) is 6.42 Å². The van der Waals surface area contributed by atoms with E-state index in [1.807, 2.05) is 53.5 Å². The van der Waals surface area contributed by atoms with Gasteiger partial charge in [-0.05, 0) is 30.4 Å². The molecule has 2 fully saturated rings. The van der Waals surface area contributed by atoms with Crippen LogP contribution in [0.25, 0.3) is 0 Å². The number of aliphatic hydroxyl groups is 1. The SMILES string of the molecule is O=C1N[C@H](Cc2ccccc2)C(O)[N+]2(CCCCC2)N1Cc1ccccc1. The Morgan fingerprint density at radius 3 is 2.15 bits per heavy atom. The molecule has 2 aromatic rings. The number of nitrogens with zero attached hydrogens (tertiary/aromatic N) is 2. The van der Waals surface area contributed by atoms with E-state index in [9.17, 15) is 9.90 Å². The standard InChI is InChI=1S/C22H27N3O2/c26-21-20(16-18-10-4-1-5-11-18)23-22(27)24(17-19-12-6-2-7-13-19)25(21)14-8-3-9-15-25/h1-2,4-7,10-13,20-21,26H,3,8-9,14-17H2/p+1/t20-,21?/m1/s1. The van der Waals surface area contributed by atoms with Crippen molar-refractivity contribution in [3.05, 3.63) is 71.8 Å². The van der Waals surface area contributed by atoms with Gasteiger partial charge in [0.1, 0.15) is 19.1 Å². The summed E-state index contributed by atoms with van der Waals surface area (Å²) in [5.41, 5.74) is 2.22. The van der Waals surface area contributed by atoms with Crippen LogP contribution in [0.1, 0.15) is 30.4 Å². The zero-order chi connectivity index (χ0) is 18.7. The van der Waals surface area contributed by atoms with E-state index in [1.54, 1.807) is 0 Å². The minimum Gasteiger partial charge on any atom is -0.341 e. The van der Waals surface area contributed by atoms with Crippen LogP contribution in [0.5, 0.6) is 0 Å². The number of carbonyl (C=O) groups excluding carboxylic acids is 1. The van der Waals surface area contributed by atoms with Crippen LogP contribution >= 0.6 is 0 Å². The maximum absolute atomic E-state index is 13.1. The predicted molar refractivity (Wildman–Crippen MR) is 104 cm³/mol. The number of carbonyl (C=O) groups is 1. The average molecular weight is 366 g/mol. The zero-order valence-electron chi connectivity index (χ0n) is 15.6. The molecule has 142 valence electrons. The number of benzene rings is 2. The van der Waals surface area contributed by atoms with Crippen molar-refractivity contribution in [1.82, 2.24) is 10.3 Å². The number of hydrogen-bond acceptors (Lipinski definition) is 2. The first-order valence-electron chi connectivity index (χ1n) is 9.90. The summed E-state index contributed by atoms with van der Waals surface area (Å²) in [6.07, 6.45) is 3.25. The fourth-order valence-corrected chi connectivity index (χ4v) is 4.53. The second-order valence-electron chi connectivity index (χ2n) is 7.70. The second-order valence-corrected chi connectivity index (χ2v) is 7.70. The lowest BCUT2D eigenvalue weighted by Crippen LogP contribution is -2.78. The Hall–Kier alpha value is -2.37. The van der Waals surface area contributed by atoms with E-state index in [-0.39, 0.29) is 12.1 Å². The van der Waals surface area contributed by atoms with Crippen LogP contribution in [0.3, 0.4) is 0 Å². The van der Waals surface area contributed by atoms with E-state index >= 15 is 0 Å². The number of hydrogen-bond donors (Lipinski definition) is 2. The van der Waals surface area contributed by atoms with Gasteiger partial charge in [0.25, 0.3) is 0 Å². The average Bonchev–Trinajstić information content (AvgIpc) is 2.72. The van der Waals surface area contributed by atoms with Crippen molar-refractivity contribution in [3.8, 4) is 0 Å². The summed E-state index contributed by atoms with van der Waals surface area (Å²) in [5, 5.41) is 16.3. The molecule has 2 atom stereocenters. The molecule has 2 aliphatic rings. The van der Waals surface area contributed by atoms with Crippen molar-refractivity contribution in [1.29, 1.82) is 0 Å². The first-order chi connectivity index (χ1) is 13.2. The lowest BCUT2D eigenvalue weighted by atomic mass is 9.99. The Kier molecular flexibility index (Phi) is 5.14. The highest BCUT2D eigenvalue weighted by molar-refractivity contribution is 5.74. The number of piperidine rings is 1. The summed E-state index contributed by atoms with van der Waals surface area (Å²) in [6.45, 7) is 2.14. The first kappa shape index (κ1) is 18.0. The van der Waals surface area contributed by atoms with Gasteiger partial charge in [-0.1, -0.05) is 60.7 Å². The van der Waals surface area contributed by atoms with Gasteiger partial charge in [-0.15, -0.1) is 0 Å². The van der Waals surface area contributed by atoms with Crippen LogP contribution in [0, 0.1) is 0 Å². The molecule has 5 nitrogen and oxygen atoms in total. The van der Waals surface area contributed by atoms with E-state index in [2.05, 4.69) is 17.4 Å². The smallest absolute Gasteiger partial charge is 0.341 e. The minimum absolute atomic E-state index is 0.0769. The Labute approximate surface area is 160 Å². The Balaban J connectivity index is 1.62. The molecule has 27 heavy (non-hydrogen) atoms. The van der Waals surface area contributed by atoms with Gasteiger partial charge < -0.3 is 10.4 Å². The maximum Gasteiger partial charge on any atom is 0.362 e. The van der Waals surface area contributed by atoms with Gasteiger partial charge >= 0.3 is 6.03 Å². The summed E-state index contributed by atoms with van der Waals surface area (Å²) in [6, 6.07) is 19.8. The van der Waals surface area contributed by atoms with Crippen molar-refractivity contribution >= 4 is 6.03 Å². The van der Waals surface area contributed by atoms with Crippen molar-refractivity contribution in [2.75, 3.05) is 13.1 Å². The molecule has 5 heteroatoms. The molecule has 0 saturated carbocycles. The van der Waals surface area contributed by atoms with Gasteiger partial charge in [0.05, 0.1) is 6.54 Å². The molecule has 1 spiro atoms. The van der Waals surface area contributed by atoms with Crippen LogP contribution in [-0.4, -0.2) is 46.1 Å². The molecule has 1 unspecified atom stereocenters. The molecule has 2 aromatic carbocycles. The van der Waals surface area contributed by atoms with Crippen LogP contribution in [0.4, 0.5) is 4.79 Å². The van der Waals surface area contributed by atoms with Crippen molar-refractivity contribution in [2.24, 2.45) is 0 Å². The van der Waals surface area contributed by atoms with Gasteiger partial charge in [-0.25, -0.2) is 4.79 Å². The fourth-order valence-electron chi connectivity index (χ4n) is 4.53. The van der Waals surface area contributed by atoms with E-state index in [0.717, 1.165) is 43.5 Å². The minimum atomic E-state index is -0.632. The highest BCUT2D eigenvalue weighted by Crippen LogP contribution is 2.32. The highest BCUT2D eigenvalue weighted by atomic mass is 16.3. The Bertz CT molecular complexity index is 760. The fraction of sp³-hybridized carbons (Fsp3) is 0.409. The summed E-state index contributed by atoms with van der Waals surface area (Å²) in [5.74, 6) is 0. The molecule has 2 heterocycles. The van der Waals surface area contributed by atoms with E-state index in [4.69, 9.17) is 0 Å². The number of aliphatic hydroxyl groups excluding tert-OH is 1. The number of urea groups is 1. The van der Waals surface area contributed by atoms with Gasteiger partial charge in [0.15, 0.2) is 0 Å². The predicted octanol–water partition coefficient (Wildman–Crippen LogP) is 3.06. The number of rotatable bonds is 4. The van der Waals surface area contributed by atoms with Crippen molar-refractivity contribution < 1.29 is 14.5 Å². The number of amides is 2. The molecule has 4 rings (SSSR count). The quantitative estimate of drug-likeness (QED) is 0.817. The van der Waals surface area contributed by atoms with Gasteiger partial charge in [-0.3, -0.25) is 0 Å². The number of quaternary nitrogens is 1. The third-order valence-electron chi connectivity index (χ3n) is 5.94. The van der Waals surface area contributed by atoms with Crippen molar-refractivity contribution in [2.45, 2.75) is 44.5 Å². The molecular formula is C22H28N3O2+. The third-order valence-corrected chi connectivity index (χ3v) is 5.94. The largest absolute Gasteiger partial charge is 0.362 e. The van der Waals surface area contributed by atoms with Crippen LogP contribution in [0.15, 0.2) is 60.7 Å². The molecular weight excluding hydrogens is 338 g/mol. The molecule has 0 aliphatic carbocycles. The first-order valence-corrected chi connectivity index (χ1v) is 9.90. The summed E-state index contributed by atoms with van der Waals surface area (Å²) in [7, 11) is 0. The lowest BCUT2D eigenvalue weighted by molar-refractivity contribution is -1.07. The topological polar surface area (TPSA) is 52.6 Å². The molecule has 2 saturated heterocycles. The summed E-state index contributed by atoms with van der Waals surface area (Å²) in [4.78, 5) is 13.1. The molecule has 2 aliphatic heterocycles. The van der Waals surface area contributed by atoms with Crippen molar-refractivity contribution in [3.63, 3.8) is 0 Å². The van der Waals surface area contributed by atoms with E-state index in [0.29, 0.717) is 17.6 Å². The monoisotopic (exact) mass is 366 g/mol. The second kappa shape index (κ2) is 7.71. The molecule has 0 radical (unpaired) electrons. The Morgan fingerprint density at radius 2 is 1.52 bits per heavy atom. The number of nitrogens with one attached hydrogen (secondary N) is 1. The molecule has 2 amide bonds. The summed E-state index contributed by atoms with van der Waals surface area (Å²) < 4.78 is 0.359. The van der Waals surface area contributed by atoms with Crippen LogP contribution in [0.2, 0.25) is 0 Å². The van der Waals surface area contributed by atoms with Crippen LogP contribution in [-0.2, 0) is 13.0 Å². The maximum atomic E-state index is 13.1. The Morgan fingerprint density at radius 1 is 0.926 bits per heavy atom.